The first-order chi connectivity index (χ1) is 9.22. The number of anilines is 1. The van der Waals surface area contributed by atoms with E-state index in [0.717, 1.165) is 11.3 Å². The molecule has 7 heteroatoms. The Morgan fingerprint density at radius 3 is 3.21 bits per heavy atom. The Hall–Kier alpha value is -2.08. The molecule has 19 heavy (non-hydrogen) atoms. The van der Waals surface area contributed by atoms with E-state index in [0.29, 0.717) is 24.0 Å². The van der Waals surface area contributed by atoms with Gasteiger partial charge in [0.15, 0.2) is 0 Å². The minimum atomic E-state index is -0.268. The Labute approximate surface area is 114 Å². The molecule has 1 aromatic carbocycles. The van der Waals surface area contributed by atoms with E-state index in [1.54, 1.807) is 6.07 Å². The number of fused-ring (bicyclic) bond motifs is 1. The Bertz CT molecular complexity index is 600. The van der Waals surface area contributed by atoms with E-state index in [1.165, 1.54) is 6.33 Å². The summed E-state index contributed by atoms with van der Waals surface area (Å²) in [6, 6.07) is 5.42. The van der Waals surface area contributed by atoms with Crippen LogP contribution in [-0.4, -0.2) is 27.7 Å². The fourth-order valence-corrected chi connectivity index (χ4v) is 2.21. The zero-order chi connectivity index (χ0) is 13.2. The number of hydrogen-bond acceptors (Lipinski definition) is 4. The molecule has 2 N–H and O–H groups in total. The van der Waals surface area contributed by atoms with Crippen LogP contribution in [0.2, 0.25) is 5.02 Å². The molecule has 0 aliphatic carbocycles. The molecule has 0 radical (unpaired) electrons. The third-order valence-electron chi connectivity index (χ3n) is 2.96. The van der Waals surface area contributed by atoms with E-state index in [1.807, 2.05) is 12.1 Å². The van der Waals surface area contributed by atoms with Crippen molar-refractivity contribution in [2.75, 3.05) is 11.9 Å². The molecule has 0 saturated carbocycles. The second-order valence-corrected chi connectivity index (χ2v) is 4.72. The van der Waals surface area contributed by atoms with Gasteiger partial charge in [-0.1, -0.05) is 11.6 Å². The first kappa shape index (κ1) is 12.0. The topological polar surface area (TPSA) is 79.9 Å². The molecule has 1 aromatic heterocycles. The van der Waals surface area contributed by atoms with Crippen LogP contribution < -0.4 is 10.1 Å². The molecule has 1 aliphatic rings. The maximum Gasteiger partial charge on any atom is 0.233 e. The number of H-pyrrole nitrogens is 1. The molecule has 1 aliphatic heterocycles. The monoisotopic (exact) mass is 278 g/mol. The molecule has 1 atom stereocenters. The maximum absolute atomic E-state index is 12.0. The number of amides is 1. The second kappa shape index (κ2) is 4.89. The zero-order valence-corrected chi connectivity index (χ0v) is 10.6. The highest BCUT2D eigenvalue weighted by atomic mass is 35.5. The SMILES string of the molecule is O=C(Nc1ncn[nH]1)[C@@H]1COc2ccc(Cl)cc2C1. The number of hydrogen-bond donors (Lipinski definition) is 2. The van der Waals surface area contributed by atoms with Crippen molar-refractivity contribution in [3.8, 4) is 5.75 Å². The predicted octanol–water partition coefficient (Wildman–Crippen LogP) is 1.65. The molecular weight excluding hydrogens is 268 g/mol. The number of carbonyl (C=O) groups is 1. The van der Waals surface area contributed by atoms with Crippen molar-refractivity contribution in [2.24, 2.45) is 5.92 Å². The van der Waals surface area contributed by atoms with E-state index in [4.69, 9.17) is 16.3 Å². The molecule has 0 bridgehead atoms. The lowest BCUT2D eigenvalue weighted by Gasteiger charge is -2.24. The Morgan fingerprint density at radius 2 is 2.42 bits per heavy atom. The van der Waals surface area contributed by atoms with Crippen LogP contribution >= 0.6 is 11.6 Å². The number of aromatic nitrogens is 3. The Kier molecular flexibility index (Phi) is 3.08. The van der Waals surface area contributed by atoms with Crippen LogP contribution in [0.1, 0.15) is 5.56 Å². The molecule has 2 heterocycles. The van der Waals surface area contributed by atoms with Gasteiger partial charge in [-0.25, -0.2) is 5.10 Å². The van der Waals surface area contributed by atoms with Crippen molar-refractivity contribution in [3.63, 3.8) is 0 Å². The van der Waals surface area contributed by atoms with E-state index < -0.39 is 0 Å². The van der Waals surface area contributed by atoms with Gasteiger partial charge < -0.3 is 4.74 Å². The van der Waals surface area contributed by atoms with Crippen molar-refractivity contribution < 1.29 is 9.53 Å². The first-order valence-electron chi connectivity index (χ1n) is 5.80. The smallest absolute Gasteiger partial charge is 0.233 e. The summed E-state index contributed by atoms with van der Waals surface area (Å²) >= 11 is 5.94. The zero-order valence-electron chi connectivity index (χ0n) is 9.89. The number of nitrogens with zero attached hydrogens (tertiary/aromatic N) is 2. The van der Waals surface area contributed by atoms with Gasteiger partial charge in [0.05, 0.1) is 5.92 Å². The number of carbonyl (C=O) groups excluding carboxylic acids is 1. The van der Waals surface area contributed by atoms with Gasteiger partial charge in [-0.15, -0.1) is 0 Å². The molecule has 0 fully saturated rings. The lowest BCUT2D eigenvalue weighted by molar-refractivity contribution is -0.121. The van der Waals surface area contributed by atoms with Crippen LogP contribution in [0.3, 0.4) is 0 Å². The number of benzene rings is 1. The minimum Gasteiger partial charge on any atom is -0.492 e. The van der Waals surface area contributed by atoms with Crippen LogP contribution in [0, 0.1) is 5.92 Å². The van der Waals surface area contributed by atoms with Gasteiger partial charge in [-0.05, 0) is 30.2 Å². The van der Waals surface area contributed by atoms with Gasteiger partial charge in [0.25, 0.3) is 0 Å². The van der Waals surface area contributed by atoms with Crippen molar-refractivity contribution in [1.82, 2.24) is 15.2 Å². The van der Waals surface area contributed by atoms with Gasteiger partial charge in [0.1, 0.15) is 18.7 Å². The number of halogens is 1. The van der Waals surface area contributed by atoms with Crippen molar-refractivity contribution in [2.45, 2.75) is 6.42 Å². The third-order valence-corrected chi connectivity index (χ3v) is 3.19. The number of nitrogens with one attached hydrogen (secondary N) is 2. The molecule has 2 aromatic rings. The molecular formula is C12H11ClN4O2. The maximum atomic E-state index is 12.0. The fraction of sp³-hybridized carbons (Fsp3) is 0.250. The Morgan fingerprint density at radius 1 is 1.53 bits per heavy atom. The molecule has 0 spiro atoms. The molecule has 3 rings (SSSR count). The van der Waals surface area contributed by atoms with Gasteiger partial charge in [-0.2, -0.15) is 10.1 Å². The van der Waals surface area contributed by atoms with Crippen molar-refractivity contribution in [3.05, 3.63) is 35.1 Å². The van der Waals surface area contributed by atoms with E-state index in [2.05, 4.69) is 20.5 Å². The lowest BCUT2D eigenvalue weighted by Crippen LogP contribution is -2.32. The average molecular weight is 279 g/mol. The van der Waals surface area contributed by atoms with Gasteiger partial charge in [-0.3, -0.25) is 10.1 Å². The normalized spacial score (nSPS) is 17.4. The van der Waals surface area contributed by atoms with E-state index >= 15 is 0 Å². The summed E-state index contributed by atoms with van der Waals surface area (Å²) in [5.41, 5.74) is 0.941. The van der Waals surface area contributed by atoms with Crippen molar-refractivity contribution in [1.29, 1.82) is 0 Å². The molecule has 0 unspecified atom stereocenters. The van der Waals surface area contributed by atoms with Crippen LogP contribution in [0.25, 0.3) is 0 Å². The summed E-state index contributed by atoms with van der Waals surface area (Å²) in [6.45, 7) is 0.342. The predicted molar refractivity (Wildman–Crippen MR) is 69.2 cm³/mol. The van der Waals surface area contributed by atoms with E-state index in [9.17, 15) is 4.79 Å². The summed E-state index contributed by atoms with van der Waals surface area (Å²) in [6.07, 6.45) is 1.93. The van der Waals surface area contributed by atoms with Crippen LogP contribution in [0.5, 0.6) is 5.75 Å². The summed E-state index contributed by atoms with van der Waals surface area (Å²) in [5.74, 6) is 0.702. The molecule has 1 amide bonds. The second-order valence-electron chi connectivity index (χ2n) is 4.29. The van der Waals surface area contributed by atoms with Crippen molar-refractivity contribution >= 4 is 23.5 Å². The Balaban J connectivity index is 1.72. The average Bonchev–Trinajstić information content (AvgIpc) is 2.90. The first-order valence-corrected chi connectivity index (χ1v) is 6.17. The molecule has 0 saturated heterocycles. The quantitative estimate of drug-likeness (QED) is 0.875. The summed E-state index contributed by atoms with van der Waals surface area (Å²) < 4.78 is 5.57. The highest BCUT2D eigenvalue weighted by molar-refractivity contribution is 6.30. The van der Waals surface area contributed by atoms with Crippen LogP contribution in [-0.2, 0) is 11.2 Å². The van der Waals surface area contributed by atoms with Crippen LogP contribution in [0.15, 0.2) is 24.5 Å². The van der Waals surface area contributed by atoms with E-state index in [-0.39, 0.29) is 11.8 Å². The summed E-state index contributed by atoms with van der Waals surface area (Å²) in [7, 11) is 0. The number of ether oxygens (including phenoxy) is 1. The molecule has 6 nitrogen and oxygen atoms in total. The van der Waals surface area contributed by atoms with Gasteiger partial charge in [0, 0.05) is 5.02 Å². The van der Waals surface area contributed by atoms with Crippen LogP contribution in [0.4, 0.5) is 5.95 Å². The largest absolute Gasteiger partial charge is 0.492 e. The minimum absolute atomic E-state index is 0.151. The third kappa shape index (κ3) is 2.53. The number of rotatable bonds is 2. The lowest BCUT2D eigenvalue weighted by atomic mass is 9.96. The molecule has 98 valence electrons. The highest BCUT2D eigenvalue weighted by Crippen LogP contribution is 2.30. The van der Waals surface area contributed by atoms with Gasteiger partial charge in [0.2, 0.25) is 11.9 Å². The standard InChI is InChI=1S/C12H11ClN4O2/c13-9-1-2-10-7(4-9)3-8(5-19-10)11(18)16-12-14-6-15-17-12/h1-2,4,6,8H,3,5H2,(H2,14,15,16,17,18)/t8-/m0/s1. The fourth-order valence-electron chi connectivity index (χ4n) is 2.02. The number of aromatic amines is 1. The van der Waals surface area contributed by atoms with Gasteiger partial charge >= 0.3 is 0 Å². The summed E-state index contributed by atoms with van der Waals surface area (Å²) in [4.78, 5) is 15.9. The summed E-state index contributed by atoms with van der Waals surface area (Å²) in [5, 5.41) is 9.54. The highest BCUT2D eigenvalue weighted by Gasteiger charge is 2.26.